The summed E-state index contributed by atoms with van der Waals surface area (Å²) >= 11 is 0. The Hall–Kier alpha value is -1.65. The van der Waals surface area contributed by atoms with Gasteiger partial charge in [-0.3, -0.25) is 9.18 Å². The van der Waals surface area contributed by atoms with Crippen LogP contribution in [0.3, 0.4) is 0 Å². The van der Waals surface area contributed by atoms with Gasteiger partial charge in [0.25, 0.3) is 0 Å². The molecule has 2 fully saturated rings. The van der Waals surface area contributed by atoms with Crippen molar-refractivity contribution in [2.45, 2.75) is 52.9 Å². The Bertz CT molecular complexity index is 581. The van der Waals surface area contributed by atoms with Crippen LogP contribution in [-0.4, -0.2) is 38.2 Å². The summed E-state index contributed by atoms with van der Waals surface area (Å²) in [6, 6.07) is 4.85. The number of nitrogens with zero attached hydrogens (tertiary/aromatic N) is 1. The van der Waals surface area contributed by atoms with Crippen molar-refractivity contribution in [1.29, 1.82) is 0 Å². The second-order valence-electron chi connectivity index (χ2n) is 8.15. The molecule has 1 aromatic rings. The van der Waals surface area contributed by atoms with Crippen LogP contribution in [0.25, 0.3) is 0 Å². The molecule has 148 valence electrons. The topological polar surface area (TPSA) is 29.5 Å². The number of carbonyl (C=O) groups is 1. The number of carbonyl (C=O) groups excluding carboxylic acids is 1. The van der Waals surface area contributed by atoms with E-state index in [1.54, 1.807) is 12.1 Å². The Morgan fingerprint density at radius 2 is 1.85 bits per heavy atom. The number of ether oxygens (including phenoxy) is 1. The van der Waals surface area contributed by atoms with Crippen LogP contribution in [0, 0.1) is 17.2 Å². The fraction of sp³-hybridized carbons (Fsp3) is 0.667. The third kappa shape index (κ3) is 6.93. The van der Waals surface area contributed by atoms with Crippen LogP contribution in [0.4, 0.5) is 8.78 Å². The molecule has 1 saturated heterocycles. The number of methoxy groups -OCH3 is 1. The molecule has 0 aromatic heterocycles. The van der Waals surface area contributed by atoms with E-state index >= 15 is 0 Å². The Balaban J connectivity index is 0.000000408. The molecule has 26 heavy (non-hydrogen) atoms. The molecule has 1 heterocycles. The predicted molar refractivity (Wildman–Crippen MR) is 102 cm³/mol. The van der Waals surface area contributed by atoms with Crippen molar-refractivity contribution in [1.82, 2.24) is 4.90 Å². The van der Waals surface area contributed by atoms with Gasteiger partial charge in [-0.25, -0.2) is 4.39 Å². The molecule has 1 unspecified atom stereocenters. The third-order valence-corrected chi connectivity index (χ3v) is 4.70. The summed E-state index contributed by atoms with van der Waals surface area (Å²) in [6.45, 7) is 10.1. The van der Waals surface area contributed by atoms with Crippen molar-refractivity contribution in [3.8, 4) is 5.75 Å². The molecule has 0 N–H and O–H groups in total. The maximum absolute atomic E-state index is 14.0. The molecule has 5 heteroatoms. The summed E-state index contributed by atoms with van der Waals surface area (Å²) in [5.41, 5.74) is 1.36. The Morgan fingerprint density at radius 1 is 1.27 bits per heavy atom. The molecule has 1 amide bonds. The molecular formula is C21H33F2NO2. The predicted octanol–water partition coefficient (Wildman–Crippen LogP) is 5.20. The molecular weight excluding hydrogens is 336 g/mol. The minimum Gasteiger partial charge on any atom is -0.497 e. The molecule has 1 aromatic carbocycles. The van der Waals surface area contributed by atoms with Crippen molar-refractivity contribution in [2.75, 3.05) is 27.4 Å². The first-order valence-corrected chi connectivity index (χ1v) is 9.21. The van der Waals surface area contributed by atoms with Crippen LogP contribution >= 0.6 is 0 Å². The highest BCUT2D eigenvalue weighted by molar-refractivity contribution is 5.79. The monoisotopic (exact) mass is 369 g/mol. The average Bonchev–Trinajstić information content (AvgIpc) is 3.17. The molecule has 0 spiro atoms. The van der Waals surface area contributed by atoms with Gasteiger partial charge in [0.15, 0.2) is 0 Å². The van der Waals surface area contributed by atoms with Crippen molar-refractivity contribution in [2.24, 2.45) is 11.3 Å². The first-order chi connectivity index (χ1) is 12.2. The summed E-state index contributed by atoms with van der Waals surface area (Å²) in [6.07, 6.45) is 3.30. The van der Waals surface area contributed by atoms with E-state index in [9.17, 15) is 13.6 Å². The lowest BCUT2D eigenvalue weighted by atomic mass is 9.97. The van der Waals surface area contributed by atoms with E-state index in [-0.39, 0.29) is 17.6 Å². The number of rotatable bonds is 4. The highest BCUT2D eigenvalue weighted by Gasteiger charge is 2.32. The normalized spacial score (nSPS) is 20.1. The van der Waals surface area contributed by atoms with Gasteiger partial charge < -0.3 is 9.64 Å². The number of benzene rings is 1. The van der Waals surface area contributed by atoms with E-state index in [2.05, 4.69) is 27.7 Å². The highest BCUT2D eigenvalue weighted by atomic mass is 19.1. The second-order valence-corrected chi connectivity index (χ2v) is 8.15. The number of hydrogen-bond donors (Lipinski definition) is 0. The van der Waals surface area contributed by atoms with Gasteiger partial charge in [0.05, 0.1) is 14.3 Å². The molecule has 3 nitrogen and oxygen atoms in total. The van der Waals surface area contributed by atoms with Crippen LogP contribution in [0.15, 0.2) is 18.2 Å². The fourth-order valence-corrected chi connectivity index (χ4v) is 2.81. The van der Waals surface area contributed by atoms with E-state index < -0.39 is 0 Å². The lowest BCUT2D eigenvalue weighted by molar-refractivity contribution is -0.128. The van der Waals surface area contributed by atoms with Crippen molar-refractivity contribution >= 4 is 5.91 Å². The Labute approximate surface area is 156 Å². The minimum atomic E-state index is -0.288. The maximum Gasteiger partial charge on any atom is 0.223 e. The number of halogens is 2. The summed E-state index contributed by atoms with van der Waals surface area (Å²) in [4.78, 5) is 13.7. The first-order valence-electron chi connectivity index (χ1n) is 9.21. The average molecular weight is 369 g/mol. The van der Waals surface area contributed by atoms with Crippen LogP contribution in [0.5, 0.6) is 5.75 Å². The molecule has 1 aliphatic carbocycles. The number of hydrogen-bond acceptors (Lipinski definition) is 2. The summed E-state index contributed by atoms with van der Waals surface area (Å²) < 4.78 is 28.5. The highest BCUT2D eigenvalue weighted by Crippen LogP contribution is 2.43. The first kappa shape index (κ1) is 22.4. The van der Waals surface area contributed by atoms with Gasteiger partial charge >= 0.3 is 0 Å². The lowest BCUT2D eigenvalue weighted by Gasteiger charge is -2.19. The van der Waals surface area contributed by atoms with Crippen LogP contribution in [0.1, 0.15) is 58.4 Å². The smallest absolute Gasteiger partial charge is 0.223 e. The van der Waals surface area contributed by atoms with Crippen LogP contribution in [-0.2, 0) is 4.79 Å². The molecule has 3 rings (SSSR count). The van der Waals surface area contributed by atoms with Crippen LogP contribution in [0.2, 0.25) is 0 Å². The van der Waals surface area contributed by atoms with E-state index in [0.717, 1.165) is 12.0 Å². The quantitative estimate of drug-likeness (QED) is 0.730. The van der Waals surface area contributed by atoms with Crippen LogP contribution < -0.4 is 4.74 Å². The third-order valence-electron chi connectivity index (χ3n) is 4.70. The number of amides is 1. The standard InChI is InChI=1S/C15H20FNO2.C5H10.CH3F/c1-10(2)8-17-9-11(6-15(17)18)13-5-4-12(19-3)7-14(13)16;1-5(2)3-4-5;1-2/h4-5,7,10-11H,6,8-9H2,1-3H3;3-4H2,1-2H3;1H3. The van der Waals surface area contributed by atoms with Gasteiger partial charge in [0.2, 0.25) is 5.91 Å². The van der Waals surface area contributed by atoms with E-state index in [0.29, 0.717) is 37.4 Å². The maximum atomic E-state index is 14.0. The number of likely N-dealkylation sites (tertiary alicyclic amines) is 1. The zero-order chi connectivity index (χ0) is 19.9. The van der Waals surface area contributed by atoms with Gasteiger partial charge in [-0.2, -0.15) is 0 Å². The molecule has 1 atom stereocenters. The Kier molecular flexibility index (Phi) is 8.51. The summed E-state index contributed by atoms with van der Waals surface area (Å²) in [5, 5.41) is 0. The minimum absolute atomic E-state index is 0.0443. The lowest BCUT2D eigenvalue weighted by Crippen LogP contribution is -2.29. The fourth-order valence-electron chi connectivity index (χ4n) is 2.81. The zero-order valence-electron chi connectivity index (χ0n) is 16.9. The van der Waals surface area contributed by atoms with Crippen molar-refractivity contribution < 1.29 is 18.3 Å². The molecule has 0 bridgehead atoms. The van der Waals surface area contributed by atoms with Gasteiger partial charge in [-0.15, -0.1) is 0 Å². The van der Waals surface area contributed by atoms with Gasteiger partial charge in [0.1, 0.15) is 11.6 Å². The largest absolute Gasteiger partial charge is 0.497 e. The molecule has 2 aliphatic rings. The second kappa shape index (κ2) is 9.89. The van der Waals surface area contributed by atoms with E-state index in [1.165, 1.54) is 26.0 Å². The van der Waals surface area contributed by atoms with E-state index in [4.69, 9.17) is 4.74 Å². The van der Waals surface area contributed by atoms with Gasteiger partial charge in [0, 0.05) is 31.5 Å². The van der Waals surface area contributed by atoms with Crippen molar-refractivity contribution in [3.63, 3.8) is 0 Å². The summed E-state index contributed by atoms with van der Waals surface area (Å²) in [7, 11) is 2.01. The zero-order valence-corrected chi connectivity index (χ0v) is 16.9. The van der Waals surface area contributed by atoms with Crippen molar-refractivity contribution in [3.05, 3.63) is 29.6 Å². The number of alkyl halides is 1. The van der Waals surface area contributed by atoms with Gasteiger partial charge in [-0.05, 0) is 35.8 Å². The summed E-state index contributed by atoms with van der Waals surface area (Å²) in [5.74, 6) is 0.725. The molecule has 1 saturated carbocycles. The molecule has 1 aliphatic heterocycles. The Morgan fingerprint density at radius 3 is 2.27 bits per heavy atom. The van der Waals surface area contributed by atoms with E-state index in [1.807, 2.05) is 4.90 Å². The van der Waals surface area contributed by atoms with Gasteiger partial charge in [-0.1, -0.05) is 33.8 Å². The SMILES string of the molecule is CC1(C)CC1.CF.COc1ccc(C2CC(=O)N(CC(C)C)C2)c(F)c1. The molecule has 0 radical (unpaired) electrons.